The van der Waals surface area contributed by atoms with Gasteiger partial charge >= 0.3 is 6.61 Å². The van der Waals surface area contributed by atoms with Crippen LogP contribution in [0.25, 0.3) is 0 Å². The van der Waals surface area contributed by atoms with Crippen molar-refractivity contribution in [3.8, 4) is 5.75 Å². The molecule has 32 heavy (non-hydrogen) atoms. The second-order valence-corrected chi connectivity index (χ2v) is 9.45. The van der Waals surface area contributed by atoms with E-state index in [-0.39, 0.29) is 23.3 Å². The molecule has 0 bridgehead atoms. The fraction of sp³-hybridized carbons (Fsp3) is 0.652. The van der Waals surface area contributed by atoms with Crippen LogP contribution in [0.15, 0.2) is 24.0 Å². The quantitative estimate of drug-likeness (QED) is 0.527. The number of halogens is 2. The molecule has 0 unspecified atom stereocenters. The second kappa shape index (κ2) is 9.31. The third-order valence-electron chi connectivity index (χ3n) is 6.73. The minimum atomic E-state index is -2.99. The molecule has 3 aliphatic rings. The summed E-state index contributed by atoms with van der Waals surface area (Å²) in [5, 5.41) is 12.1. The van der Waals surface area contributed by atoms with Gasteiger partial charge in [0.25, 0.3) is 0 Å². The van der Waals surface area contributed by atoms with E-state index in [0.717, 1.165) is 25.4 Å². The number of morpholine rings is 1. The molecule has 0 spiro atoms. The molecule has 3 fully saturated rings. The van der Waals surface area contributed by atoms with Crippen molar-refractivity contribution in [1.29, 1.82) is 5.41 Å². The average molecular weight is 450 g/mol. The number of nitrogens with one attached hydrogen (secondary N) is 2. The van der Waals surface area contributed by atoms with Crippen molar-refractivity contribution in [2.24, 2.45) is 17.8 Å². The fourth-order valence-electron chi connectivity index (χ4n) is 5.35. The highest BCUT2D eigenvalue weighted by Gasteiger charge is 2.58. The van der Waals surface area contributed by atoms with Crippen LogP contribution in [0.3, 0.4) is 0 Å². The number of nitrogen functional groups attached to an aromatic ring is 1. The fourth-order valence-corrected chi connectivity index (χ4v) is 5.35. The summed E-state index contributed by atoms with van der Waals surface area (Å²) in [6.45, 7) is 6.10. The third-order valence-corrected chi connectivity index (χ3v) is 6.73. The molecule has 7 nitrogen and oxygen atoms in total. The van der Waals surface area contributed by atoms with E-state index >= 15 is 0 Å². The standard InChI is InChI=1S/C23H33F2N5O2/c1-12(2)29-19(9-18(26)14-6-20(32-23(24)25)22(27)28-10-14)21-16-7-15(8-17(16)21)30-4-5-31-13(3)11-30/h6,9-10,12-13,15-17,21,23,26,29H,4-5,7-8,11H2,1-3H3,(H2,27,28)/b19-9-,26-18?/t13-,15-,16+,17-,21-/m0/s1. The molecule has 2 heterocycles. The Hall–Kier alpha value is -2.26. The molecule has 4 N–H and O–H groups in total. The highest BCUT2D eigenvalue weighted by atomic mass is 19.3. The molecule has 4 rings (SSSR count). The normalized spacial score (nSPS) is 30.5. The predicted molar refractivity (Wildman–Crippen MR) is 119 cm³/mol. The van der Waals surface area contributed by atoms with Gasteiger partial charge in [-0.25, -0.2) is 4.98 Å². The van der Waals surface area contributed by atoms with Gasteiger partial charge in [0.05, 0.1) is 18.4 Å². The minimum absolute atomic E-state index is 0.119. The van der Waals surface area contributed by atoms with Crippen LogP contribution in [0, 0.1) is 23.2 Å². The summed E-state index contributed by atoms with van der Waals surface area (Å²) in [6.07, 6.45) is 5.86. The molecule has 176 valence electrons. The van der Waals surface area contributed by atoms with Gasteiger partial charge in [0, 0.05) is 48.5 Å². The minimum Gasteiger partial charge on any atom is -0.431 e. The topological polar surface area (TPSA) is 96.5 Å². The smallest absolute Gasteiger partial charge is 0.387 e. The van der Waals surface area contributed by atoms with Crippen molar-refractivity contribution in [2.75, 3.05) is 25.4 Å². The Balaban J connectivity index is 1.45. The number of pyridine rings is 1. The molecule has 2 aliphatic carbocycles. The number of fused-ring (bicyclic) bond motifs is 1. The summed E-state index contributed by atoms with van der Waals surface area (Å²) >= 11 is 0. The lowest BCUT2D eigenvalue weighted by atomic mass is 10.0. The van der Waals surface area contributed by atoms with Gasteiger partial charge in [-0.05, 0) is 57.6 Å². The molecular weight excluding hydrogens is 416 g/mol. The highest BCUT2D eigenvalue weighted by Crippen LogP contribution is 2.61. The Labute approximate surface area is 187 Å². The molecule has 1 aliphatic heterocycles. The Bertz CT molecular complexity index is 866. The van der Waals surface area contributed by atoms with Crippen molar-refractivity contribution in [2.45, 2.75) is 58.4 Å². The molecule has 2 saturated carbocycles. The van der Waals surface area contributed by atoms with Crippen LogP contribution in [-0.4, -0.2) is 60.1 Å². The average Bonchev–Trinajstić information content (AvgIpc) is 3.21. The van der Waals surface area contributed by atoms with Crippen molar-refractivity contribution in [1.82, 2.24) is 15.2 Å². The first kappa shape index (κ1) is 22.9. The number of rotatable bonds is 8. The first-order valence-electron chi connectivity index (χ1n) is 11.4. The van der Waals surface area contributed by atoms with E-state index in [0.29, 0.717) is 35.5 Å². The molecule has 0 radical (unpaired) electrons. The predicted octanol–water partition coefficient (Wildman–Crippen LogP) is 3.26. The van der Waals surface area contributed by atoms with E-state index in [2.05, 4.69) is 40.7 Å². The van der Waals surface area contributed by atoms with Crippen LogP contribution in [0.4, 0.5) is 14.6 Å². The Morgan fingerprint density at radius 2 is 2.09 bits per heavy atom. The second-order valence-electron chi connectivity index (χ2n) is 9.45. The molecule has 5 atom stereocenters. The molecular formula is C23H33F2N5O2. The lowest BCUT2D eigenvalue weighted by molar-refractivity contribution is -0.0495. The molecule has 9 heteroatoms. The zero-order valence-corrected chi connectivity index (χ0v) is 18.9. The number of allylic oxidation sites excluding steroid dienone is 2. The first-order chi connectivity index (χ1) is 15.2. The maximum absolute atomic E-state index is 12.6. The van der Waals surface area contributed by atoms with Gasteiger partial charge in [0.1, 0.15) is 0 Å². The summed E-state index contributed by atoms with van der Waals surface area (Å²) in [7, 11) is 0. The van der Waals surface area contributed by atoms with Crippen molar-refractivity contribution in [3.63, 3.8) is 0 Å². The van der Waals surface area contributed by atoms with Gasteiger partial charge in [0.2, 0.25) is 0 Å². The Morgan fingerprint density at radius 3 is 2.72 bits per heavy atom. The largest absolute Gasteiger partial charge is 0.431 e. The highest BCUT2D eigenvalue weighted by molar-refractivity contribution is 6.07. The molecule has 1 aromatic rings. The zero-order chi connectivity index (χ0) is 23.0. The van der Waals surface area contributed by atoms with Crippen molar-refractivity contribution >= 4 is 11.5 Å². The third kappa shape index (κ3) is 5.04. The summed E-state index contributed by atoms with van der Waals surface area (Å²) in [5.41, 5.74) is 7.26. The van der Waals surface area contributed by atoms with Gasteiger partial charge < -0.3 is 25.9 Å². The maximum atomic E-state index is 12.6. The summed E-state index contributed by atoms with van der Waals surface area (Å²) in [6, 6.07) is 2.19. The van der Waals surface area contributed by atoms with E-state index in [1.54, 1.807) is 0 Å². The van der Waals surface area contributed by atoms with Crippen LogP contribution in [0.1, 0.15) is 39.2 Å². The van der Waals surface area contributed by atoms with Crippen LogP contribution >= 0.6 is 0 Å². The lowest BCUT2D eigenvalue weighted by Gasteiger charge is -2.36. The molecule has 1 aromatic heterocycles. The van der Waals surface area contributed by atoms with E-state index in [1.807, 2.05) is 6.08 Å². The summed E-state index contributed by atoms with van der Waals surface area (Å²) < 4.78 is 35.4. The number of nitrogens with two attached hydrogens (primary N) is 1. The number of anilines is 1. The number of alkyl halides is 2. The van der Waals surface area contributed by atoms with E-state index in [1.165, 1.54) is 25.1 Å². The van der Waals surface area contributed by atoms with Crippen LogP contribution in [-0.2, 0) is 4.74 Å². The maximum Gasteiger partial charge on any atom is 0.387 e. The van der Waals surface area contributed by atoms with Gasteiger partial charge in [-0.2, -0.15) is 8.78 Å². The van der Waals surface area contributed by atoms with E-state index in [9.17, 15) is 8.78 Å². The van der Waals surface area contributed by atoms with Gasteiger partial charge in [0.15, 0.2) is 11.6 Å². The van der Waals surface area contributed by atoms with E-state index < -0.39 is 6.61 Å². The summed E-state index contributed by atoms with van der Waals surface area (Å²) in [4.78, 5) is 6.49. The van der Waals surface area contributed by atoms with Crippen LogP contribution in [0.2, 0.25) is 0 Å². The number of ether oxygens (including phenoxy) is 2. The van der Waals surface area contributed by atoms with Crippen LogP contribution < -0.4 is 15.8 Å². The van der Waals surface area contributed by atoms with Gasteiger partial charge in [-0.3, -0.25) is 4.90 Å². The molecule has 0 amide bonds. The Morgan fingerprint density at radius 1 is 1.38 bits per heavy atom. The number of hydrogen-bond donors (Lipinski definition) is 3. The van der Waals surface area contributed by atoms with Crippen molar-refractivity contribution < 1.29 is 18.3 Å². The molecule has 0 aromatic carbocycles. The Kier molecular flexibility index (Phi) is 6.67. The number of aromatic nitrogens is 1. The zero-order valence-electron chi connectivity index (χ0n) is 18.9. The number of nitrogens with zero attached hydrogens (tertiary/aromatic N) is 2. The summed E-state index contributed by atoms with van der Waals surface area (Å²) in [5.74, 6) is 1.31. The van der Waals surface area contributed by atoms with Gasteiger partial charge in [-0.1, -0.05) is 0 Å². The van der Waals surface area contributed by atoms with E-state index in [4.69, 9.17) is 15.9 Å². The SMILES string of the molecule is CC(C)N/C(=C\C(=N)c1cnc(N)c(OC(F)F)c1)[C@H]1[C@@H]2C[C@H](N3CCO[C@@H](C)C3)C[C@@H]21. The van der Waals surface area contributed by atoms with Gasteiger partial charge in [-0.15, -0.1) is 0 Å². The molecule has 1 saturated heterocycles. The van der Waals surface area contributed by atoms with Crippen LogP contribution in [0.5, 0.6) is 5.75 Å². The monoisotopic (exact) mass is 449 g/mol. The van der Waals surface area contributed by atoms with Crippen molar-refractivity contribution in [3.05, 3.63) is 29.6 Å². The first-order valence-corrected chi connectivity index (χ1v) is 11.4. The number of hydrogen-bond acceptors (Lipinski definition) is 7. The lowest BCUT2D eigenvalue weighted by Crippen LogP contribution is -2.46.